The van der Waals surface area contributed by atoms with Crippen molar-refractivity contribution in [2.24, 2.45) is 11.8 Å². The van der Waals surface area contributed by atoms with Crippen molar-refractivity contribution < 1.29 is 14.7 Å². The molecule has 0 aliphatic carbocycles. The molecule has 194 valence electrons. The van der Waals surface area contributed by atoms with Crippen LogP contribution < -0.4 is 4.90 Å². The molecule has 0 spiro atoms. The summed E-state index contributed by atoms with van der Waals surface area (Å²) in [5, 5.41) is 10.6. The van der Waals surface area contributed by atoms with Gasteiger partial charge in [0.15, 0.2) is 6.10 Å². The largest absolute Gasteiger partial charge is 0.378 e. The van der Waals surface area contributed by atoms with Gasteiger partial charge in [0.2, 0.25) is 0 Å². The number of amides is 2. The number of hydrogen-bond donors (Lipinski definition) is 1. The second kappa shape index (κ2) is 11.5. The van der Waals surface area contributed by atoms with Gasteiger partial charge >= 0.3 is 0 Å². The van der Waals surface area contributed by atoms with Crippen molar-refractivity contribution in [2.75, 3.05) is 45.2 Å². The van der Waals surface area contributed by atoms with E-state index < -0.39 is 6.10 Å². The third-order valence-electron chi connectivity index (χ3n) is 8.01. The van der Waals surface area contributed by atoms with Crippen LogP contribution >= 0.6 is 0 Å². The van der Waals surface area contributed by atoms with Gasteiger partial charge in [-0.3, -0.25) is 9.59 Å². The molecule has 2 aromatic rings. The topological polar surface area (TPSA) is 64.1 Å². The van der Waals surface area contributed by atoms with E-state index >= 15 is 0 Å². The van der Waals surface area contributed by atoms with E-state index in [1.165, 1.54) is 24.9 Å². The van der Waals surface area contributed by atoms with E-state index in [4.69, 9.17) is 0 Å². The normalized spacial score (nSPS) is 18.2. The van der Waals surface area contributed by atoms with Crippen LogP contribution in [-0.4, -0.2) is 67.0 Å². The Labute approximate surface area is 215 Å². The Morgan fingerprint density at radius 1 is 0.944 bits per heavy atom. The Kier molecular flexibility index (Phi) is 8.35. The molecule has 36 heavy (non-hydrogen) atoms. The fourth-order valence-corrected chi connectivity index (χ4v) is 5.77. The maximum atomic E-state index is 12.8. The predicted octanol–water partition coefficient (Wildman–Crippen LogP) is 4.58. The Balaban J connectivity index is 1.23. The minimum absolute atomic E-state index is 0.0511. The van der Waals surface area contributed by atoms with Crippen LogP contribution in [0.25, 0.3) is 0 Å². The lowest BCUT2D eigenvalue weighted by atomic mass is 9.82. The zero-order valence-corrected chi connectivity index (χ0v) is 22.2. The molecule has 0 bridgehead atoms. The molecule has 2 saturated heterocycles. The molecule has 1 unspecified atom stereocenters. The summed E-state index contributed by atoms with van der Waals surface area (Å²) < 4.78 is 0. The predicted molar refractivity (Wildman–Crippen MR) is 144 cm³/mol. The summed E-state index contributed by atoms with van der Waals surface area (Å²) in [6.07, 6.45) is 4.57. The van der Waals surface area contributed by atoms with Crippen molar-refractivity contribution in [2.45, 2.75) is 52.1 Å². The highest BCUT2D eigenvalue weighted by Gasteiger charge is 2.30. The fraction of sp³-hybridized carbons (Fsp3) is 0.533. The lowest BCUT2D eigenvalue weighted by Crippen LogP contribution is -2.42. The first-order valence-corrected chi connectivity index (χ1v) is 13.3. The molecule has 2 aliphatic heterocycles. The van der Waals surface area contributed by atoms with Crippen LogP contribution in [0.2, 0.25) is 0 Å². The number of hydrogen-bond acceptors (Lipinski definition) is 4. The molecular weight excluding hydrogens is 450 g/mol. The summed E-state index contributed by atoms with van der Waals surface area (Å²) in [6.45, 7) is 7.56. The van der Waals surface area contributed by atoms with Gasteiger partial charge in [0.25, 0.3) is 11.8 Å². The van der Waals surface area contributed by atoms with E-state index in [1.54, 1.807) is 19.0 Å². The third kappa shape index (κ3) is 6.09. The Morgan fingerprint density at radius 3 is 2.17 bits per heavy atom. The lowest BCUT2D eigenvalue weighted by molar-refractivity contribution is -0.142. The summed E-state index contributed by atoms with van der Waals surface area (Å²) in [5.41, 5.74) is 4.75. The van der Waals surface area contributed by atoms with E-state index in [9.17, 15) is 14.7 Å². The number of aryl methyl sites for hydroxylation is 2. The summed E-state index contributed by atoms with van der Waals surface area (Å²) in [4.78, 5) is 31.1. The van der Waals surface area contributed by atoms with Crippen LogP contribution in [0.1, 0.15) is 65.3 Å². The summed E-state index contributed by atoms with van der Waals surface area (Å²) in [7, 11) is 3.58. The Bertz CT molecular complexity index is 1070. The van der Waals surface area contributed by atoms with Gasteiger partial charge in [-0.2, -0.15) is 0 Å². The summed E-state index contributed by atoms with van der Waals surface area (Å²) in [5.74, 6) is 1.26. The molecule has 2 amide bonds. The molecule has 1 N–H and O–H groups in total. The van der Waals surface area contributed by atoms with Gasteiger partial charge in [-0.15, -0.1) is 0 Å². The number of rotatable bonds is 6. The van der Waals surface area contributed by atoms with Gasteiger partial charge in [0.1, 0.15) is 0 Å². The molecular formula is C30H41N3O3. The maximum absolute atomic E-state index is 12.8. The van der Waals surface area contributed by atoms with Crippen LogP contribution in [0.5, 0.6) is 0 Å². The molecule has 2 aliphatic rings. The smallest absolute Gasteiger partial charge is 0.256 e. The minimum Gasteiger partial charge on any atom is -0.378 e. The van der Waals surface area contributed by atoms with Gasteiger partial charge in [0.05, 0.1) is 0 Å². The third-order valence-corrected chi connectivity index (χ3v) is 8.01. The van der Waals surface area contributed by atoms with Crippen LogP contribution in [0.15, 0.2) is 42.5 Å². The van der Waals surface area contributed by atoms with Crippen molar-refractivity contribution in [1.82, 2.24) is 9.80 Å². The number of benzene rings is 2. The first kappa shape index (κ1) is 26.2. The van der Waals surface area contributed by atoms with Crippen LogP contribution in [0.4, 0.5) is 5.69 Å². The van der Waals surface area contributed by atoms with E-state index in [0.29, 0.717) is 11.5 Å². The van der Waals surface area contributed by atoms with E-state index in [-0.39, 0.29) is 11.8 Å². The van der Waals surface area contributed by atoms with Gasteiger partial charge in [0, 0.05) is 51.5 Å². The molecule has 6 nitrogen and oxygen atoms in total. The van der Waals surface area contributed by atoms with Crippen LogP contribution in [-0.2, 0) is 4.79 Å². The van der Waals surface area contributed by atoms with Gasteiger partial charge in [-0.05, 0) is 87.1 Å². The first-order valence-electron chi connectivity index (χ1n) is 13.3. The SMILES string of the molecule is Cc1cccc(C(O)C(=O)N2CCC(CC3CCN(c4ccc(C(=O)N(C)C)c(C)c4)CC3)CC2)c1. The lowest BCUT2D eigenvalue weighted by Gasteiger charge is -2.38. The summed E-state index contributed by atoms with van der Waals surface area (Å²) in [6, 6.07) is 13.8. The molecule has 2 fully saturated rings. The maximum Gasteiger partial charge on any atom is 0.256 e. The molecule has 0 radical (unpaired) electrons. The molecule has 6 heteroatoms. The highest BCUT2D eigenvalue weighted by Crippen LogP contribution is 2.33. The quantitative estimate of drug-likeness (QED) is 0.642. The number of carbonyl (C=O) groups excluding carboxylic acids is 2. The molecule has 0 saturated carbocycles. The van der Waals surface area contributed by atoms with Gasteiger partial charge in [-0.1, -0.05) is 29.8 Å². The zero-order chi connectivity index (χ0) is 25.8. The zero-order valence-electron chi connectivity index (χ0n) is 22.2. The number of likely N-dealkylation sites (tertiary alicyclic amines) is 1. The Morgan fingerprint density at radius 2 is 1.58 bits per heavy atom. The average Bonchev–Trinajstić information content (AvgIpc) is 2.88. The molecule has 2 aromatic carbocycles. The van der Waals surface area contributed by atoms with E-state index in [2.05, 4.69) is 17.0 Å². The summed E-state index contributed by atoms with van der Waals surface area (Å²) >= 11 is 0. The average molecular weight is 492 g/mol. The van der Waals surface area contributed by atoms with E-state index in [1.807, 2.05) is 49.1 Å². The second-order valence-corrected chi connectivity index (χ2v) is 11.0. The number of piperidine rings is 2. The standard InChI is InChI=1S/C30H41N3O3/c1-21-6-5-7-25(18-21)28(34)30(36)33-16-12-24(13-17-33)20-23-10-14-32(15-11-23)26-8-9-27(22(2)19-26)29(35)31(3)4/h5-9,18-19,23-24,28,34H,10-17,20H2,1-4H3. The van der Waals surface area contributed by atoms with Gasteiger partial charge < -0.3 is 19.8 Å². The first-order chi connectivity index (χ1) is 17.2. The number of aliphatic hydroxyl groups excluding tert-OH is 1. The van der Waals surface area contributed by atoms with Crippen molar-refractivity contribution in [3.63, 3.8) is 0 Å². The van der Waals surface area contributed by atoms with Crippen LogP contribution in [0.3, 0.4) is 0 Å². The number of nitrogens with zero attached hydrogens (tertiary/aromatic N) is 3. The number of carbonyl (C=O) groups is 2. The monoisotopic (exact) mass is 491 g/mol. The molecule has 4 rings (SSSR count). The van der Waals surface area contributed by atoms with Crippen molar-refractivity contribution in [3.8, 4) is 0 Å². The molecule has 2 heterocycles. The highest BCUT2D eigenvalue weighted by molar-refractivity contribution is 5.95. The molecule has 1 atom stereocenters. The highest BCUT2D eigenvalue weighted by atomic mass is 16.3. The van der Waals surface area contributed by atoms with Crippen molar-refractivity contribution >= 4 is 17.5 Å². The fourth-order valence-electron chi connectivity index (χ4n) is 5.77. The number of aliphatic hydroxyl groups is 1. The van der Waals surface area contributed by atoms with Crippen molar-refractivity contribution in [3.05, 3.63) is 64.7 Å². The van der Waals surface area contributed by atoms with Crippen molar-refractivity contribution in [1.29, 1.82) is 0 Å². The second-order valence-electron chi connectivity index (χ2n) is 11.0. The van der Waals surface area contributed by atoms with Crippen LogP contribution in [0, 0.1) is 25.7 Å². The molecule has 0 aromatic heterocycles. The number of anilines is 1. The minimum atomic E-state index is -1.07. The van der Waals surface area contributed by atoms with E-state index in [0.717, 1.165) is 61.6 Å². The van der Waals surface area contributed by atoms with Gasteiger partial charge in [-0.25, -0.2) is 0 Å². The Hall–Kier alpha value is -2.86.